The van der Waals surface area contributed by atoms with Gasteiger partial charge in [0.1, 0.15) is 6.10 Å². The molecule has 4 N–H and O–H groups in total. The van der Waals surface area contributed by atoms with Crippen molar-refractivity contribution in [2.75, 3.05) is 13.6 Å². The molecule has 2 rings (SSSR count). The van der Waals surface area contributed by atoms with E-state index in [0.29, 0.717) is 6.54 Å². The predicted molar refractivity (Wildman–Crippen MR) is 67.9 cm³/mol. The largest absolute Gasteiger partial charge is 0.389 e. The average molecular weight is 234 g/mol. The Hall–Kier alpha value is -1.36. The number of fused-ring (bicyclic) bond motifs is 1. The second-order valence-corrected chi connectivity index (χ2v) is 4.36. The standard InChI is InChI=1S/C13H18N2O2/c1-8-3-4-11-9(5-8)10(6-15-11)13(17)12(16)7-14-2/h3-6,12-17H,7H2,1-2H3. The summed E-state index contributed by atoms with van der Waals surface area (Å²) in [5.74, 6) is 0. The van der Waals surface area contributed by atoms with Crippen LogP contribution in [0.5, 0.6) is 0 Å². The molecule has 0 fully saturated rings. The van der Waals surface area contributed by atoms with Crippen LogP contribution in [0.25, 0.3) is 10.9 Å². The van der Waals surface area contributed by atoms with Crippen molar-refractivity contribution in [1.29, 1.82) is 0 Å². The van der Waals surface area contributed by atoms with Crippen LogP contribution >= 0.6 is 0 Å². The Morgan fingerprint density at radius 1 is 1.35 bits per heavy atom. The fourth-order valence-corrected chi connectivity index (χ4v) is 2.03. The van der Waals surface area contributed by atoms with E-state index in [4.69, 9.17) is 0 Å². The van der Waals surface area contributed by atoms with Crippen LogP contribution in [-0.2, 0) is 0 Å². The number of aliphatic hydroxyl groups is 2. The smallest absolute Gasteiger partial charge is 0.108 e. The summed E-state index contributed by atoms with van der Waals surface area (Å²) >= 11 is 0. The minimum Gasteiger partial charge on any atom is -0.389 e. The molecule has 4 nitrogen and oxygen atoms in total. The van der Waals surface area contributed by atoms with Crippen molar-refractivity contribution in [3.05, 3.63) is 35.5 Å². The monoisotopic (exact) mass is 234 g/mol. The molecule has 0 aliphatic rings. The SMILES string of the molecule is CNCC(O)C(O)c1c[nH]c2ccc(C)cc12. The molecule has 92 valence electrons. The number of aromatic amines is 1. The van der Waals surface area contributed by atoms with Gasteiger partial charge in [-0.2, -0.15) is 0 Å². The molecule has 1 heterocycles. The van der Waals surface area contributed by atoms with E-state index in [1.54, 1.807) is 13.2 Å². The third kappa shape index (κ3) is 2.34. The van der Waals surface area contributed by atoms with Crippen molar-refractivity contribution in [3.8, 4) is 0 Å². The quantitative estimate of drug-likeness (QED) is 0.640. The second-order valence-electron chi connectivity index (χ2n) is 4.36. The molecule has 2 atom stereocenters. The first-order valence-corrected chi connectivity index (χ1v) is 5.72. The first kappa shape index (κ1) is 12.1. The Morgan fingerprint density at radius 2 is 2.12 bits per heavy atom. The Morgan fingerprint density at radius 3 is 2.82 bits per heavy atom. The van der Waals surface area contributed by atoms with E-state index in [9.17, 15) is 10.2 Å². The molecule has 2 unspecified atom stereocenters. The molecule has 4 heteroatoms. The van der Waals surface area contributed by atoms with Crippen molar-refractivity contribution in [2.24, 2.45) is 0 Å². The maximum Gasteiger partial charge on any atom is 0.108 e. The van der Waals surface area contributed by atoms with Crippen LogP contribution in [0.4, 0.5) is 0 Å². The molecule has 1 aromatic carbocycles. The van der Waals surface area contributed by atoms with Gasteiger partial charge in [-0.1, -0.05) is 11.6 Å². The van der Waals surface area contributed by atoms with Crippen molar-refractivity contribution in [3.63, 3.8) is 0 Å². The van der Waals surface area contributed by atoms with Crippen LogP contribution in [0.2, 0.25) is 0 Å². The number of aryl methyl sites for hydroxylation is 1. The first-order chi connectivity index (χ1) is 8.13. The molecular weight excluding hydrogens is 216 g/mol. The zero-order valence-electron chi connectivity index (χ0n) is 10.1. The highest BCUT2D eigenvalue weighted by Gasteiger charge is 2.20. The zero-order chi connectivity index (χ0) is 12.4. The third-order valence-corrected chi connectivity index (χ3v) is 2.97. The number of hydrogen-bond acceptors (Lipinski definition) is 3. The fourth-order valence-electron chi connectivity index (χ4n) is 2.03. The lowest BCUT2D eigenvalue weighted by Crippen LogP contribution is -2.29. The number of aromatic nitrogens is 1. The van der Waals surface area contributed by atoms with Gasteiger partial charge in [-0.3, -0.25) is 0 Å². The van der Waals surface area contributed by atoms with Gasteiger partial charge in [-0.25, -0.2) is 0 Å². The van der Waals surface area contributed by atoms with Crippen LogP contribution in [0, 0.1) is 6.92 Å². The summed E-state index contributed by atoms with van der Waals surface area (Å²) in [6.07, 6.45) is 0.0747. The third-order valence-electron chi connectivity index (χ3n) is 2.97. The number of aliphatic hydroxyl groups excluding tert-OH is 2. The molecule has 0 aliphatic carbocycles. The molecule has 0 amide bonds. The van der Waals surface area contributed by atoms with E-state index in [0.717, 1.165) is 22.0 Å². The van der Waals surface area contributed by atoms with Crippen molar-refractivity contribution >= 4 is 10.9 Å². The molecule has 0 saturated carbocycles. The molecule has 0 bridgehead atoms. The summed E-state index contributed by atoms with van der Waals surface area (Å²) in [6, 6.07) is 6.00. The lowest BCUT2D eigenvalue weighted by molar-refractivity contribution is 0.0211. The Balaban J connectivity index is 2.38. The van der Waals surface area contributed by atoms with Gasteiger partial charge in [-0.15, -0.1) is 0 Å². The number of nitrogens with one attached hydrogen (secondary N) is 2. The van der Waals surface area contributed by atoms with E-state index in [1.165, 1.54) is 0 Å². The van der Waals surface area contributed by atoms with Crippen molar-refractivity contribution in [1.82, 2.24) is 10.3 Å². The van der Waals surface area contributed by atoms with Crippen LogP contribution in [0.3, 0.4) is 0 Å². The van der Waals surface area contributed by atoms with Crippen LogP contribution in [0.1, 0.15) is 17.2 Å². The maximum absolute atomic E-state index is 10.1. The fraction of sp³-hybridized carbons (Fsp3) is 0.385. The van der Waals surface area contributed by atoms with Crippen molar-refractivity contribution < 1.29 is 10.2 Å². The highest BCUT2D eigenvalue weighted by atomic mass is 16.3. The minimum absolute atomic E-state index is 0.361. The van der Waals surface area contributed by atoms with Crippen LogP contribution < -0.4 is 5.32 Å². The van der Waals surface area contributed by atoms with E-state index in [2.05, 4.69) is 10.3 Å². The molecule has 0 aliphatic heterocycles. The summed E-state index contributed by atoms with van der Waals surface area (Å²) in [7, 11) is 1.75. The lowest BCUT2D eigenvalue weighted by atomic mass is 10.0. The van der Waals surface area contributed by atoms with E-state index in [-0.39, 0.29) is 0 Å². The minimum atomic E-state index is -0.877. The van der Waals surface area contributed by atoms with Crippen LogP contribution in [0.15, 0.2) is 24.4 Å². The Kier molecular flexibility index (Phi) is 3.47. The number of rotatable bonds is 4. The molecule has 0 saturated heterocycles. The Bertz CT molecular complexity index is 507. The topological polar surface area (TPSA) is 68.3 Å². The van der Waals surface area contributed by atoms with E-state index in [1.807, 2.05) is 25.1 Å². The van der Waals surface area contributed by atoms with E-state index >= 15 is 0 Å². The highest BCUT2D eigenvalue weighted by molar-refractivity contribution is 5.84. The number of benzene rings is 1. The molecule has 17 heavy (non-hydrogen) atoms. The summed E-state index contributed by atoms with van der Waals surface area (Å²) in [4.78, 5) is 3.10. The molecule has 2 aromatic rings. The number of likely N-dealkylation sites (N-methyl/N-ethyl adjacent to an activating group) is 1. The number of H-pyrrole nitrogens is 1. The van der Waals surface area contributed by atoms with Gasteiger partial charge in [0.05, 0.1) is 6.10 Å². The van der Waals surface area contributed by atoms with Gasteiger partial charge in [-0.05, 0) is 26.1 Å². The van der Waals surface area contributed by atoms with E-state index < -0.39 is 12.2 Å². The number of hydrogen-bond donors (Lipinski definition) is 4. The summed E-state index contributed by atoms with van der Waals surface area (Å²) in [6.45, 7) is 2.37. The Labute approximate surface area is 100 Å². The highest BCUT2D eigenvalue weighted by Crippen LogP contribution is 2.26. The van der Waals surface area contributed by atoms with Gasteiger partial charge in [0.2, 0.25) is 0 Å². The molecule has 1 aromatic heterocycles. The summed E-state index contributed by atoms with van der Waals surface area (Å²) in [5.41, 5.74) is 2.85. The molecule has 0 radical (unpaired) electrons. The van der Waals surface area contributed by atoms with Gasteiger partial charge in [0.25, 0.3) is 0 Å². The molecular formula is C13H18N2O2. The second kappa shape index (κ2) is 4.87. The first-order valence-electron chi connectivity index (χ1n) is 5.72. The normalized spacial score (nSPS) is 15.1. The van der Waals surface area contributed by atoms with Crippen molar-refractivity contribution in [2.45, 2.75) is 19.1 Å². The summed E-state index contributed by atoms with van der Waals surface area (Å²) in [5, 5.41) is 23.7. The van der Waals surface area contributed by atoms with Crippen LogP contribution in [-0.4, -0.2) is 34.9 Å². The maximum atomic E-state index is 10.1. The van der Waals surface area contributed by atoms with Gasteiger partial charge < -0.3 is 20.5 Å². The average Bonchev–Trinajstić information content (AvgIpc) is 2.71. The lowest BCUT2D eigenvalue weighted by Gasteiger charge is -2.17. The van der Waals surface area contributed by atoms with Gasteiger partial charge >= 0.3 is 0 Å². The van der Waals surface area contributed by atoms with Gasteiger partial charge in [0.15, 0.2) is 0 Å². The zero-order valence-corrected chi connectivity index (χ0v) is 10.1. The summed E-state index contributed by atoms with van der Waals surface area (Å²) < 4.78 is 0. The van der Waals surface area contributed by atoms with Gasteiger partial charge in [0, 0.05) is 29.2 Å². The molecule has 0 spiro atoms. The predicted octanol–water partition coefficient (Wildman–Crippen LogP) is 1.09.